The van der Waals surface area contributed by atoms with Gasteiger partial charge in [-0.05, 0) is 31.5 Å². The fourth-order valence-corrected chi connectivity index (χ4v) is 2.58. The summed E-state index contributed by atoms with van der Waals surface area (Å²) >= 11 is 1.53. The molecule has 1 aromatic heterocycles. The van der Waals surface area contributed by atoms with E-state index in [-0.39, 0.29) is 5.91 Å². The van der Waals surface area contributed by atoms with Crippen molar-refractivity contribution in [1.29, 1.82) is 0 Å². The van der Waals surface area contributed by atoms with Crippen LogP contribution < -0.4 is 4.80 Å². The van der Waals surface area contributed by atoms with Crippen molar-refractivity contribution >= 4 is 17.2 Å². The van der Waals surface area contributed by atoms with Crippen molar-refractivity contribution in [1.82, 2.24) is 4.57 Å². The lowest BCUT2D eigenvalue weighted by atomic mass is 9.96. The molecule has 106 valence electrons. The second-order valence-electron chi connectivity index (χ2n) is 6.00. The van der Waals surface area contributed by atoms with Gasteiger partial charge in [0.25, 0.3) is 5.91 Å². The summed E-state index contributed by atoms with van der Waals surface area (Å²) in [7, 11) is 0. The van der Waals surface area contributed by atoms with E-state index in [1.54, 1.807) is 0 Å². The molecule has 0 aliphatic carbocycles. The molecular weight excluding hydrogens is 268 g/mol. The summed E-state index contributed by atoms with van der Waals surface area (Å²) in [6, 6.07) is 8.19. The summed E-state index contributed by atoms with van der Waals surface area (Å²) in [5.41, 5.74) is 1.77. The van der Waals surface area contributed by atoms with Crippen molar-refractivity contribution in [2.75, 3.05) is 0 Å². The van der Waals surface area contributed by atoms with Crippen LogP contribution in [0.1, 0.15) is 31.2 Å². The Morgan fingerprint density at radius 1 is 1.25 bits per heavy atom. The molecule has 0 radical (unpaired) electrons. The molecule has 0 N–H and O–H groups in total. The smallest absolute Gasteiger partial charge is 0.253 e. The molecule has 2 aromatic rings. The van der Waals surface area contributed by atoms with Gasteiger partial charge in [0.05, 0.1) is 0 Å². The molecule has 20 heavy (non-hydrogen) atoms. The zero-order valence-corrected chi connectivity index (χ0v) is 13.4. The van der Waals surface area contributed by atoms with Crippen LogP contribution in [0.4, 0.5) is 0 Å². The Morgan fingerprint density at radius 3 is 2.55 bits per heavy atom. The molecule has 1 heterocycles. The highest BCUT2D eigenvalue weighted by atomic mass is 32.1. The molecule has 0 spiro atoms. The second kappa shape index (κ2) is 5.37. The van der Waals surface area contributed by atoms with Gasteiger partial charge in [-0.3, -0.25) is 9.36 Å². The van der Waals surface area contributed by atoms with Gasteiger partial charge < -0.3 is 0 Å². The van der Waals surface area contributed by atoms with Gasteiger partial charge in [-0.15, -0.1) is 11.3 Å². The minimum atomic E-state index is -0.456. The molecule has 0 fully saturated rings. The predicted octanol–water partition coefficient (Wildman–Crippen LogP) is 3.63. The van der Waals surface area contributed by atoms with Gasteiger partial charge in [-0.1, -0.05) is 32.9 Å². The molecule has 0 unspecified atom stereocenters. The number of rotatable bonds is 1. The Labute approximate surface area is 123 Å². The Hall–Kier alpha value is -1.68. The first-order valence-corrected chi connectivity index (χ1v) is 7.44. The number of aryl methyl sites for hydroxylation is 2. The average molecular weight is 288 g/mol. The summed E-state index contributed by atoms with van der Waals surface area (Å²) in [6.07, 6.45) is 2.02. The Morgan fingerprint density at radius 2 is 1.95 bits per heavy atom. The highest BCUT2D eigenvalue weighted by Crippen LogP contribution is 2.16. The molecule has 4 heteroatoms. The number of benzene rings is 1. The lowest BCUT2D eigenvalue weighted by Crippen LogP contribution is -2.22. The molecule has 0 atom stereocenters. The Kier molecular flexibility index (Phi) is 3.95. The average Bonchev–Trinajstić information content (AvgIpc) is 2.69. The van der Waals surface area contributed by atoms with E-state index >= 15 is 0 Å². The number of thiazole rings is 1. The molecule has 0 bridgehead atoms. The van der Waals surface area contributed by atoms with Crippen molar-refractivity contribution in [3.8, 4) is 5.69 Å². The number of amides is 1. The molecule has 0 aliphatic rings. The lowest BCUT2D eigenvalue weighted by Gasteiger charge is -2.12. The summed E-state index contributed by atoms with van der Waals surface area (Å²) in [4.78, 5) is 18.3. The predicted molar refractivity (Wildman–Crippen MR) is 83.1 cm³/mol. The highest BCUT2D eigenvalue weighted by molar-refractivity contribution is 7.09. The first kappa shape index (κ1) is 14.7. The van der Waals surface area contributed by atoms with Crippen molar-refractivity contribution in [3.63, 3.8) is 0 Å². The number of carbonyl (C=O) groups excluding carboxylic acids is 1. The van der Waals surface area contributed by atoms with Gasteiger partial charge in [0.2, 0.25) is 0 Å². The van der Waals surface area contributed by atoms with Crippen LogP contribution in [0, 0.1) is 19.3 Å². The Balaban J connectivity index is 2.57. The first-order chi connectivity index (χ1) is 9.27. The van der Waals surface area contributed by atoms with Crippen LogP contribution in [0.5, 0.6) is 0 Å². The van der Waals surface area contributed by atoms with E-state index in [1.165, 1.54) is 16.9 Å². The van der Waals surface area contributed by atoms with E-state index in [0.29, 0.717) is 0 Å². The molecule has 0 saturated carbocycles. The third-order valence-corrected chi connectivity index (χ3v) is 3.79. The number of aromatic nitrogens is 1. The van der Waals surface area contributed by atoms with Gasteiger partial charge in [-0.2, -0.15) is 4.99 Å². The van der Waals surface area contributed by atoms with Crippen LogP contribution in [0.25, 0.3) is 5.69 Å². The first-order valence-electron chi connectivity index (χ1n) is 6.63. The van der Waals surface area contributed by atoms with Gasteiger partial charge in [0.15, 0.2) is 4.80 Å². The van der Waals surface area contributed by atoms with Crippen molar-refractivity contribution < 1.29 is 4.79 Å². The second-order valence-corrected chi connectivity index (χ2v) is 7.21. The largest absolute Gasteiger partial charge is 0.292 e. The minimum Gasteiger partial charge on any atom is -0.292 e. The SMILES string of the molecule is Cc1cccc(-n2cc(C)sc2=NC(=O)C(C)(C)C)c1. The van der Waals surface area contributed by atoms with Crippen LogP contribution in [0.3, 0.4) is 0 Å². The number of hydrogen-bond acceptors (Lipinski definition) is 2. The molecule has 1 amide bonds. The molecule has 1 aromatic carbocycles. The standard InChI is InChI=1S/C16H20N2OS/c1-11-7-6-8-13(9-11)18-10-12(2)20-15(18)17-14(19)16(3,4)5/h6-10H,1-5H3. The fraction of sp³-hybridized carbons (Fsp3) is 0.375. The van der Waals surface area contributed by atoms with Crippen LogP contribution >= 0.6 is 11.3 Å². The lowest BCUT2D eigenvalue weighted by molar-refractivity contribution is -0.125. The normalized spacial score (nSPS) is 12.8. The maximum atomic E-state index is 12.1. The van der Waals surface area contributed by atoms with Gasteiger partial charge in [0, 0.05) is 22.2 Å². The van der Waals surface area contributed by atoms with E-state index in [4.69, 9.17) is 0 Å². The fourth-order valence-electron chi connectivity index (χ4n) is 1.75. The topological polar surface area (TPSA) is 34.4 Å². The van der Waals surface area contributed by atoms with Crippen LogP contribution in [0.15, 0.2) is 35.5 Å². The monoisotopic (exact) mass is 288 g/mol. The van der Waals surface area contributed by atoms with Crippen molar-refractivity contribution in [3.05, 3.63) is 45.7 Å². The van der Waals surface area contributed by atoms with Gasteiger partial charge in [0.1, 0.15) is 0 Å². The van der Waals surface area contributed by atoms with Crippen LogP contribution in [-0.4, -0.2) is 10.5 Å². The zero-order chi connectivity index (χ0) is 14.9. The Bertz CT molecular complexity index is 702. The third kappa shape index (κ3) is 3.25. The minimum absolute atomic E-state index is 0.0965. The van der Waals surface area contributed by atoms with Crippen LogP contribution in [0.2, 0.25) is 0 Å². The number of nitrogens with zero attached hydrogens (tertiary/aromatic N) is 2. The van der Waals surface area contributed by atoms with Gasteiger partial charge in [-0.25, -0.2) is 0 Å². The molecule has 0 saturated heterocycles. The van der Waals surface area contributed by atoms with E-state index in [1.807, 2.05) is 50.6 Å². The third-order valence-electron chi connectivity index (χ3n) is 2.89. The van der Waals surface area contributed by atoms with Gasteiger partial charge >= 0.3 is 0 Å². The quantitative estimate of drug-likeness (QED) is 0.789. The van der Waals surface area contributed by atoms with E-state index in [0.717, 1.165) is 15.4 Å². The zero-order valence-electron chi connectivity index (χ0n) is 12.6. The highest BCUT2D eigenvalue weighted by Gasteiger charge is 2.20. The van der Waals surface area contributed by atoms with E-state index in [9.17, 15) is 4.79 Å². The summed E-state index contributed by atoms with van der Waals surface area (Å²) in [5.74, 6) is -0.0965. The van der Waals surface area contributed by atoms with Crippen molar-refractivity contribution in [2.45, 2.75) is 34.6 Å². The van der Waals surface area contributed by atoms with E-state index < -0.39 is 5.41 Å². The summed E-state index contributed by atoms with van der Waals surface area (Å²) in [5, 5.41) is 0. The molecular formula is C16H20N2OS. The number of carbonyl (C=O) groups is 1. The van der Waals surface area contributed by atoms with E-state index in [2.05, 4.69) is 24.0 Å². The maximum Gasteiger partial charge on any atom is 0.253 e. The molecule has 0 aliphatic heterocycles. The van der Waals surface area contributed by atoms with Crippen LogP contribution in [-0.2, 0) is 4.79 Å². The number of hydrogen-bond donors (Lipinski definition) is 0. The molecule has 3 nitrogen and oxygen atoms in total. The maximum absolute atomic E-state index is 12.1. The summed E-state index contributed by atoms with van der Waals surface area (Å²) in [6.45, 7) is 9.74. The molecule has 2 rings (SSSR count). The summed E-state index contributed by atoms with van der Waals surface area (Å²) < 4.78 is 1.98. The van der Waals surface area contributed by atoms with Crippen molar-refractivity contribution in [2.24, 2.45) is 10.4 Å².